The maximum Gasteiger partial charge on any atom is 0.0701 e. The predicted molar refractivity (Wildman–Crippen MR) is 65.8 cm³/mol. The van der Waals surface area contributed by atoms with Crippen LogP contribution in [0.4, 0.5) is 0 Å². The summed E-state index contributed by atoms with van der Waals surface area (Å²) >= 11 is 5.13. The first-order chi connectivity index (χ1) is 6.61. The van der Waals surface area contributed by atoms with E-state index in [1.54, 1.807) is 11.3 Å². The summed E-state index contributed by atoms with van der Waals surface area (Å²) in [5.74, 6) is 0.619. The van der Waals surface area contributed by atoms with Crippen LogP contribution in [0.3, 0.4) is 0 Å². The minimum absolute atomic E-state index is 0.185. The molecule has 0 aromatic carbocycles. The van der Waals surface area contributed by atoms with Gasteiger partial charge in [-0.15, -0.1) is 11.3 Å². The zero-order chi connectivity index (χ0) is 10.6. The van der Waals surface area contributed by atoms with Gasteiger partial charge in [-0.3, -0.25) is 0 Å². The van der Waals surface area contributed by atoms with Crippen LogP contribution in [0.25, 0.3) is 0 Å². The van der Waals surface area contributed by atoms with Gasteiger partial charge in [-0.05, 0) is 40.4 Å². The maximum atomic E-state index is 9.80. The molecule has 80 valence electrons. The standard InChI is InChI=1S/C11H17BrOS/c1-3-8(2)6-9(13)7-10-4-5-11(12)14-10/h4-5,8-9,13H,3,6-7H2,1-2H3. The van der Waals surface area contributed by atoms with Gasteiger partial charge in [0.25, 0.3) is 0 Å². The fourth-order valence-corrected chi connectivity index (χ4v) is 2.96. The van der Waals surface area contributed by atoms with Gasteiger partial charge in [-0.2, -0.15) is 0 Å². The minimum atomic E-state index is -0.185. The summed E-state index contributed by atoms with van der Waals surface area (Å²) in [7, 11) is 0. The predicted octanol–water partition coefficient (Wildman–Crippen LogP) is 3.85. The molecule has 1 aromatic heterocycles. The number of hydrogen-bond acceptors (Lipinski definition) is 2. The molecule has 2 atom stereocenters. The Balaban J connectivity index is 2.37. The molecular weight excluding hydrogens is 260 g/mol. The molecule has 0 amide bonds. The van der Waals surface area contributed by atoms with Crippen molar-refractivity contribution in [3.8, 4) is 0 Å². The molecule has 0 aliphatic rings. The van der Waals surface area contributed by atoms with E-state index >= 15 is 0 Å². The number of aliphatic hydroxyl groups excluding tert-OH is 1. The Kier molecular flexibility index (Phi) is 5.13. The Morgan fingerprint density at radius 3 is 2.71 bits per heavy atom. The van der Waals surface area contributed by atoms with E-state index in [-0.39, 0.29) is 6.10 Å². The minimum Gasteiger partial charge on any atom is -0.393 e. The summed E-state index contributed by atoms with van der Waals surface area (Å²) in [5, 5.41) is 9.80. The fraction of sp³-hybridized carbons (Fsp3) is 0.636. The van der Waals surface area contributed by atoms with Gasteiger partial charge in [0.1, 0.15) is 0 Å². The number of hydrogen-bond donors (Lipinski definition) is 1. The average molecular weight is 277 g/mol. The van der Waals surface area contributed by atoms with Gasteiger partial charge in [-0.25, -0.2) is 0 Å². The zero-order valence-electron chi connectivity index (χ0n) is 8.66. The molecule has 0 bridgehead atoms. The second kappa shape index (κ2) is 5.89. The lowest BCUT2D eigenvalue weighted by Crippen LogP contribution is -2.13. The highest BCUT2D eigenvalue weighted by molar-refractivity contribution is 9.11. The largest absolute Gasteiger partial charge is 0.393 e. The van der Waals surface area contributed by atoms with Crippen LogP contribution in [0, 0.1) is 5.92 Å². The molecule has 14 heavy (non-hydrogen) atoms. The highest BCUT2D eigenvalue weighted by Gasteiger charge is 2.10. The molecule has 2 unspecified atom stereocenters. The molecule has 3 heteroatoms. The van der Waals surface area contributed by atoms with E-state index in [1.165, 1.54) is 4.88 Å². The van der Waals surface area contributed by atoms with Crippen molar-refractivity contribution in [2.75, 3.05) is 0 Å². The quantitative estimate of drug-likeness (QED) is 0.866. The monoisotopic (exact) mass is 276 g/mol. The SMILES string of the molecule is CCC(C)CC(O)Cc1ccc(Br)s1. The number of halogens is 1. The molecule has 1 heterocycles. The molecule has 0 spiro atoms. The molecular formula is C11H17BrOS. The third kappa shape index (κ3) is 4.11. The molecule has 1 nitrogen and oxygen atoms in total. The Morgan fingerprint density at radius 2 is 2.21 bits per heavy atom. The van der Waals surface area contributed by atoms with E-state index < -0.39 is 0 Å². The van der Waals surface area contributed by atoms with Gasteiger partial charge in [0, 0.05) is 11.3 Å². The first-order valence-corrected chi connectivity index (χ1v) is 6.65. The lowest BCUT2D eigenvalue weighted by molar-refractivity contribution is 0.145. The normalized spacial score (nSPS) is 15.4. The van der Waals surface area contributed by atoms with Crippen LogP contribution in [0.2, 0.25) is 0 Å². The molecule has 0 aliphatic heterocycles. The van der Waals surface area contributed by atoms with Crippen molar-refractivity contribution in [2.45, 2.75) is 39.2 Å². The van der Waals surface area contributed by atoms with Crippen LogP contribution < -0.4 is 0 Å². The summed E-state index contributed by atoms with van der Waals surface area (Å²) < 4.78 is 1.14. The molecule has 0 fully saturated rings. The number of thiophene rings is 1. The summed E-state index contributed by atoms with van der Waals surface area (Å²) in [6.45, 7) is 4.35. The Bertz CT molecular complexity index is 272. The van der Waals surface area contributed by atoms with Gasteiger partial charge in [0.05, 0.1) is 9.89 Å². The van der Waals surface area contributed by atoms with E-state index in [0.717, 1.165) is 23.0 Å². The van der Waals surface area contributed by atoms with Crippen LogP contribution in [0.1, 0.15) is 31.6 Å². The Hall–Kier alpha value is 0.140. The van der Waals surface area contributed by atoms with Crippen LogP contribution >= 0.6 is 27.3 Å². The lowest BCUT2D eigenvalue weighted by Gasteiger charge is -2.13. The summed E-state index contributed by atoms with van der Waals surface area (Å²) in [5.41, 5.74) is 0. The van der Waals surface area contributed by atoms with Crippen LogP contribution in [0.15, 0.2) is 15.9 Å². The first-order valence-electron chi connectivity index (χ1n) is 5.04. The summed E-state index contributed by atoms with van der Waals surface area (Å²) in [4.78, 5) is 1.26. The smallest absolute Gasteiger partial charge is 0.0701 e. The molecule has 0 aliphatic carbocycles. The van der Waals surface area contributed by atoms with Crippen LogP contribution in [0.5, 0.6) is 0 Å². The molecule has 1 N–H and O–H groups in total. The van der Waals surface area contributed by atoms with Crippen molar-refractivity contribution in [1.29, 1.82) is 0 Å². The summed E-state index contributed by atoms with van der Waals surface area (Å²) in [6.07, 6.45) is 2.66. The van der Waals surface area contributed by atoms with Gasteiger partial charge >= 0.3 is 0 Å². The molecule has 0 radical (unpaired) electrons. The van der Waals surface area contributed by atoms with Crippen LogP contribution in [-0.2, 0) is 6.42 Å². The second-order valence-electron chi connectivity index (χ2n) is 3.81. The zero-order valence-corrected chi connectivity index (χ0v) is 11.1. The Labute approximate surface area is 98.3 Å². The van der Waals surface area contributed by atoms with Crippen molar-refractivity contribution in [3.63, 3.8) is 0 Å². The highest BCUT2D eigenvalue weighted by Crippen LogP contribution is 2.24. The van der Waals surface area contributed by atoms with E-state index in [1.807, 2.05) is 6.07 Å². The van der Waals surface area contributed by atoms with Crippen molar-refractivity contribution in [1.82, 2.24) is 0 Å². The van der Waals surface area contributed by atoms with Gasteiger partial charge in [-0.1, -0.05) is 20.3 Å². The fourth-order valence-electron chi connectivity index (χ4n) is 1.41. The van der Waals surface area contributed by atoms with Crippen LogP contribution in [-0.4, -0.2) is 11.2 Å². The van der Waals surface area contributed by atoms with E-state index in [9.17, 15) is 5.11 Å². The highest BCUT2D eigenvalue weighted by atomic mass is 79.9. The second-order valence-corrected chi connectivity index (χ2v) is 6.36. The number of aliphatic hydroxyl groups is 1. The maximum absolute atomic E-state index is 9.80. The molecule has 0 saturated carbocycles. The van der Waals surface area contributed by atoms with Crippen molar-refractivity contribution in [2.24, 2.45) is 5.92 Å². The Morgan fingerprint density at radius 1 is 1.50 bits per heavy atom. The molecule has 0 saturated heterocycles. The van der Waals surface area contributed by atoms with Gasteiger partial charge in [0.15, 0.2) is 0 Å². The van der Waals surface area contributed by atoms with Crippen molar-refractivity contribution in [3.05, 3.63) is 20.8 Å². The van der Waals surface area contributed by atoms with E-state index in [4.69, 9.17) is 0 Å². The van der Waals surface area contributed by atoms with E-state index in [0.29, 0.717) is 5.92 Å². The van der Waals surface area contributed by atoms with Gasteiger partial charge in [0.2, 0.25) is 0 Å². The molecule has 1 rings (SSSR count). The topological polar surface area (TPSA) is 20.2 Å². The van der Waals surface area contributed by atoms with E-state index in [2.05, 4.69) is 35.8 Å². The average Bonchev–Trinajstić information content (AvgIpc) is 2.50. The summed E-state index contributed by atoms with van der Waals surface area (Å²) in [6, 6.07) is 4.12. The number of rotatable bonds is 5. The van der Waals surface area contributed by atoms with Crippen molar-refractivity contribution < 1.29 is 5.11 Å². The third-order valence-corrected chi connectivity index (χ3v) is 4.08. The molecule has 1 aromatic rings. The third-order valence-electron chi connectivity index (χ3n) is 2.44. The lowest BCUT2D eigenvalue weighted by atomic mass is 9.99. The van der Waals surface area contributed by atoms with Gasteiger partial charge < -0.3 is 5.11 Å². The first kappa shape index (κ1) is 12.2. The van der Waals surface area contributed by atoms with Crippen molar-refractivity contribution >= 4 is 27.3 Å².